The maximum absolute atomic E-state index is 11.3. The number of aromatic nitrogens is 1. The van der Waals surface area contributed by atoms with Crippen LogP contribution in [0, 0.1) is 6.92 Å². The SMILES string of the molecule is CCc1nc(NC(=O)[C@H](C)Br)sc1C. The van der Waals surface area contributed by atoms with Gasteiger partial charge in [-0.2, -0.15) is 0 Å². The fraction of sp³-hybridized carbons (Fsp3) is 0.556. The van der Waals surface area contributed by atoms with E-state index in [0.29, 0.717) is 5.13 Å². The largest absolute Gasteiger partial charge is 0.301 e. The highest BCUT2D eigenvalue weighted by molar-refractivity contribution is 9.10. The molecule has 0 saturated carbocycles. The lowest BCUT2D eigenvalue weighted by atomic mass is 10.3. The summed E-state index contributed by atoms with van der Waals surface area (Å²) in [5, 5.41) is 3.45. The third-order valence-corrected chi connectivity index (χ3v) is 3.16. The van der Waals surface area contributed by atoms with Gasteiger partial charge in [-0.15, -0.1) is 11.3 Å². The van der Waals surface area contributed by atoms with Crippen LogP contribution in [0.1, 0.15) is 24.4 Å². The van der Waals surface area contributed by atoms with Crippen molar-refractivity contribution in [3.05, 3.63) is 10.6 Å². The van der Waals surface area contributed by atoms with Crippen LogP contribution in [0.15, 0.2) is 0 Å². The second kappa shape index (κ2) is 4.89. The van der Waals surface area contributed by atoms with Crippen LogP contribution in [0.2, 0.25) is 0 Å². The van der Waals surface area contributed by atoms with E-state index in [1.54, 1.807) is 6.92 Å². The molecule has 1 N–H and O–H groups in total. The van der Waals surface area contributed by atoms with Gasteiger partial charge in [-0.1, -0.05) is 22.9 Å². The second-order valence-electron chi connectivity index (χ2n) is 2.98. The molecule has 0 bridgehead atoms. The van der Waals surface area contributed by atoms with Gasteiger partial charge in [0.2, 0.25) is 5.91 Å². The molecule has 1 atom stereocenters. The number of nitrogens with zero attached hydrogens (tertiary/aromatic N) is 1. The van der Waals surface area contributed by atoms with Crippen molar-refractivity contribution in [1.82, 2.24) is 4.98 Å². The number of amides is 1. The fourth-order valence-electron chi connectivity index (χ4n) is 1.01. The van der Waals surface area contributed by atoms with E-state index in [1.165, 1.54) is 16.2 Å². The van der Waals surface area contributed by atoms with Crippen molar-refractivity contribution in [2.45, 2.75) is 32.0 Å². The number of halogens is 1. The predicted molar refractivity (Wildman–Crippen MR) is 63.2 cm³/mol. The van der Waals surface area contributed by atoms with Gasteiger partial charge >= 0.3 is 0 Å². The van der Waals surface area contributed by atoms with E-state index in [1.807, 2.05) is 6.92 Å². The minimum Gasteiger partial charge on any atom is -0.301 e. The minimum atomic E-state index is -0.184. The van der Waals surface area contributed by atoms with Crippen LogP contribution in [-0.4, -0.2) is 15.7 Å². The molecule has 0 unspecified atom stereocenters. The summed E-state index contributed by atoms with van der Waals surface area (Å²) in [6.07, 6.45) is 0.905. The highest BCUT2D eigenvalue weighted by Crippen LogP contribution is 2.22. The molecule has 3 nitrogen and oxygen atoms in total. The van der Waals surface area contributed by atoms with Crippen LogP contribution < -0.4 is 5.32 Å². The number of hydrogen-bond donors (Lipinski definition) is 1. The Kier molecular flexibility index (Phi) is 4.07. The first-order valence-corrected chi connectivity index (χ1v) is 6.19. The maximum Gasteiger partial charge on any atom is 0.239 e. The summed E-state index contributed by atoms with van der Waals surface area (Å²) >= 11 is 4.73. The average Bonchev–Trinajstić information content (AvgIpc) is 2.45. The third-order valence-electron chi connectivity index (χ3n) is 1.82. The van der Waals surface area contributed by atoms with Crippen LogP contribution in [0.25, 0.3) is 0 Å². The molecular weight excluding hydrogens is 264 g/mol. The smallest absolute Gasteiger partial charge is 0.239 e. The standard InChI is InChI=1S/C9H13BrN2OS/c1-4-7-6(3)14-9(11-7)12-8(13)5(2)10/h5H,4H2,1-3H3,(H,11,12,13)/t5-/m0/s1. The molecule has 0 aliphatic carbocycles. The topological polar surface area (TPSA) is 42.0 Å². The van der Waals surface area contributed by atoms with Crippen molar-refractivity contribution >= 4 is 38.3 Å². The zero-order chi connectivity index (χ0) is 10.7. The summed E-state index contributed by atoms with van der Waals surface area (Å²) in [5.41, 5.74) is 1.06. The molecular formula is C9H13BrN2OS. The van der Waals surface area contributed by atoms with E-state index < -0.39 is 0 Å². The molecule has 78 valence electrons. The average molecular weight is 277 g/mol. The molecule has 14 heavy (non-hydrogen) atoms. The Labute approximate surface area is 96.1 Å². The molecule has 5 heteroatoms. The van der Waals surface area contributed by atoms with Gasteiger partial charge in [0.25, 0.3) is 0 Å². The maximum atomic E-state index is 11.3. The number of aryl methyl sites for hydroxylation is 2. The van der Waals surface area contributed by atoms with Gasteiger partial charge in [-0.05, 0) is 20.3 Å². The van der Waals surface area contributed by atoms with Gasteiger partial charge in [-0.3, -0.25) is 4.79 Å². The van der Waals surface area contributed by atoms with E-state index in [9.17, 15) is 4.79 Å². The molecule has 0 fully saturated rings. The number of anilines is 1. The molecule has 1 rings (SSSR count). The molecule has 0 aliphatic rings. The van der Waals surface area contributed by atoms with Crippen molar-refractivity contribution in [3.63, 3.8) is 0 Å². The zero-order valence-electron chi connectivity index (χ0n) is 8.43. The Morgan fingerprint density at radius 1 is 1.71 bits per heavy atom. The Bertz CT molecular complexity index is 336. The highest BCUT2D eigenvalue weighted by atomic mass is 79.9. The van der Waals surface area contributed by atoms with Crippen molar-refractivity contribution in [2.75, 3.05) is 5.32 Å². The molecule has 0 saturated heterocycles. The molecule has 0 radical (unpaired) electrons. The van der Waals surface area contributed by atoms with Crippen LogP contribution in [-0.2, 0) is 11.2 Å². The predicted octanol–water partition coefficient (Wildman–Crippen LogP) is 2.74. The third kappa shape index (κ3) is 2.78. The van der Waals surface area contributed by atoms with Crippen LogP contribution in [0.5, 0.6) is 0 Å². The Hall–Kier alpha value is -0.420. The first-order valence-electron chi connectivity index (χ1n) is 4.45. The summed E-state index contributed by atoms with van der Waals surface area (Å²) in [5.74, 6) is -0.0543. The summed E-state index contributed by atoms with van der Waals surface area (Å²) in [7, 11) is 0. The molecule has 1 aromatic rings. The second-order valence-corrected chi connectivity index (χ2v) is 5.56. The van der Waals surface area contributed by atoms with E-state index in [0.717, 1.165) is 12.1 Å². The molecule has 0 aliphatic heterocycles. The first-order chi connectivity index (χ1) is 6.54. The molecule has 1 heterocycles. The zero-order valence-corrected chi connectivity index (χ0v) is 10.8. The van der Waals surface area contributed by atoms with Gasteiger partial charge in [0.05, 0.1) is 10.5 Å². The molecule has 0 spiro atoms. The quantitative estimate of drug-likeness (QED) is 0.863. The normalized spacial score (nSPS) is 12.6. The summed E-state index contributed by atoms with van der Waals surface area (Å²) < 4.78 is 0. The van der Waals surface area contributed by atoms with E-state index in [2.05, 4.69) is 33.2 Å². The van der Waals surface area contributed by atoms with Gasteiger partial charge in [-0.25, -0.2) is 4.98 Å². The minimum absolute atomic E-state index is 0.0543. The number of alkyl halides is 1. The lowest BCUT2D eigenvalue weighted by Crippen LogP contribution is -2.19. The number of carbonyl (C=O) groups excluding carboxylic acids is 1. The van der Waals surface area contributed by atoms with E-state index in [-0.39, 0.29) is 10.7 Å². The van der Waals surface area contributed by atoms with Gasteiger partial charge in [0.1, 0.15) is 0 Å². The van der Waals surface area contributed by atoms with Crippen molar-refractivity contribution in [2.24, 2.45) is 0 Å². The summed E-state index contributed by atoms with van der Waals surface area (Å²) in [6.45, 7) is 5.86. The highest BCUT2D eigenvalue weighted by Gasteiger charge is 2.12. The lowest BCUT2D eigenvalue weighted by Gasteiger charge is -2.01. The van der Waals surface area contributed by atoms with Crippen molar-refractivity contribution in [3.8, 4) is 0 Å². The van der Waals surface area contributed by atoms with Crippen LogP contribution in [0.3, 0.4) is 0 Å². The van der Waals surface area contributed by atoms with Gasteiger partial charge < -0.3 is 5.32 Å². The monoisotopic (exact) mass is 276 g/mol. The van der Waals surface area contributed by atoms with Gasteiger partial charge in [0, 0.05) is 4.88 Å². The van der Waals surface area contributed by atoms with E-state index >= 15 is 0 Å². The Morgan fingerprint density at radius 3 is 2.79 bits per heavy atom. The first kappa shape index (κ1) is 11.7. The van der Waals surface area contributed by atoms with Crippen molar-refractivity contribution in [1.29, 1.82) is 0 Å². The molecule has 0 aromatic carbocycles. The number of thiazole rings is 1. The van der Waals surface area contributed by atoms with Gasteiger partial charge in [0.15, 0.2) is 5.13 Å². The molecule has 1 amide bonds. The number of nitrogens with one attached hydrogen (secondary N) is 1. The molecule has 1 aromatic heterocycles. The lowest BCUT2D eigenvalue weighted by molar-refractivity contribution is -0.115. The van der Waals surface area contributed by atoms with Crippen molar-refractivity contribution < 1.29 is 4.79 Å². The summed E-state index contributed by atoms with van der Waals surface area (Å²) in [6, 6.07) is 0. The summed E-state index contributed by atoms with van der Waals surface area (Å²) in [4.78, 5) is 16.6. The van der Waals surface area contributed by atoms with E-state index in [4.69, 9.17) is 0 Å². The Balaban J connectivity index is 2.73. The van der Waals surface area contributed by atoms with Crippen LogP contribution in [0.4, 0.5) is 5.13 Å². The fourth-order valence-corrected chi connectivity index (χ4v) is 2.03. The van der Waals surface area contributed by atoms with Crippen LogP contribution >= 0.6 is 27.3 Å². The number of hydrogen-bond acceptors (Lipinski definition) is 3. The Morgan fingerprint density at radius 2 is 2.36 bits per heavy atom. The number of carbonyl (C=O) groups is 1. The number of rotatable bonds is 3.